The minimum atomic E-state index is -0.0743. The minimum Gasteiger partial charge on any atom is -0.342 e. The molecule has 7 nitrogen and oxygen atoms in total. The number of rotatable bonds is 5. The van der Waals surface area contributed by atoms with Crippen molar-refractivity contribution in [1.82, 2.24) is 24.0 Å². The van der Waals surface area contributed by atoms with Crippen LogP contribution in [-0.4, -0.2) is 48.8 Å². The SMILES string of the molecule is Cc1cc(C)cc(-n2ccnc2SCC(=O)N2CCC(n3c(=O)[nH]c4ccccc43)CC2)c1. The summed E-state index contributed by atoms with van der Waals surface area (Å²) in [5, 5.41) is 0.814. The van der Waals surface area contributed by atoms with Gasteiger partial charge in [0.05, 0.1) is 16.8 Å². The molecule has 0 saturated carbocycles. The van der Waals surface area contributed by atoms with Gasteiger partial charge < -0.3 is 9.88 Å². The molecule has 0 radical (unpaired) electrons. The first-order valence-corrected chi connectivity index (χ1v) is 12.2. The van der Waals surface area contributed by atoms with Crippen LogP contribution in [0.1, 0.15) is 30.0 Å². The van der Waals surface area contributed by atoms with Gasteiger partial charge in [0.2, 0.25) is 5.91 Å². The highest BCUT2D eigenvalue weighted by Gasteiger charge is 2.26. The van der Waals surface area contributed by atoms with E-state index in [1.165, 1.54) is 22.9 Å². The lowest BCUT2D eigenvalue weighted by atomic mass is 10.0. The van der Waals surface area contributed by atoms with E-state index in [9.17, 15) is 9.59 Å². The first-order chi connectivity index (χ1) is 16.0. The summed E-state index contributed by atoms with van der Waals surface area (Å²) < 4.78 is 3.89. The van der Waals surface area contributed by atoms with Gasteiger partial charge in [-0.2, -0.15) is 0 Å². The molecule has 1 aliphatic heterocycles. The van der Waals surface area contributed by atoms with Gasteiger partial charge in [-0.15, -0.1) is 0 Å². The second-order valence-corrected chi connectivity index (χ2v) is 9.59. The molecule has 1 amide bonds. The Labute approximate surface area is 196 Å². The largest absolute Gasteiger partial charge is 0.342 e. The molecule has 170 valence electrons. The van der Waals surface area contributed by atoms with Crippen LogP contribution < -0.4 is 5.69 Å². The standard InChI is InChI=1S/C25H27N5O2S/c1-17-13-18(2)15-20(14-17)29-12-9-26-25(29)33-16-23(31)28-10-7-19(8-11-28)30-22-6-4-3-5-21(22)27-24(30)32/h3-6,9,12-15,19H,7-8,10-11,16H2,1-2H3,(H,27,32). The van der Waals surface area contributed by atoms with E-state index in [1.54, 1.807) is 6.20 Å². The average Bonchev–Trinajstić information content (AvgIpc) is 3.40. The van der Waals surface area contributed by atoms with Crippen molar-refractivity contribution in [3.05, 3.63) is 76.5 Å². The van der Waals surface area contributed by atoms with E-state index >= 15 is 0 Å². The molecule has 5 rings (SSSR count). The van der Waals surface area contributed by atoms with Gasteiger partial charge in [-0.3, -0.25) is 13.9 Å². The zero-order chi connectivity index (χ0) is 22.9. The maximum absolute atomic E-state index is 12.9. The molecule has 1 aliphatic rings. The van der Waals surface area contributed by atoms with E-state index in [1.807, 2.05) is 44.5 Å². The summed E-state index contributed by atoms with van der Waals surface area (Å²) in [5.74, 6) is 0.458. The van der Waals surface area contributed by atoms with E-state index in [0.29, 0.717) is 18.8 Å². The number of nitrogens with zero attached hydrogens (tertiary/aromatic N) is 4. The molecule has 1 saturated heterocycles. The molecular weight excluding hydrogens is 434 g/mol. The molecule has 1 N–H and O–H groups in total. The Bertz CT molecular complexity index is 1340. The summed E-state index contributed by atoms with van der Waals surface area (Å²) >= 11 is 1.47. The molecule has 0 bridgehead atoms. The number of aryl methyl sites for hydroxylation is 2. The Kier molecular flexibility index (Phi) is 5.85. The Morgan fingerprint density at radius 3 is 2.61 bits per heavy atom. The first-order valence-electron chi connectivity index (χ1n) is 11.2. The van der Waals surface area contributed by atoms with Gasteiger partial charge in [-0.1, -0.05) is 30.0 Å². The second-order valence-electron chi connectivity index (χ2n) is 8.64. The van der Waals surface area contributed by atoms with Crippen LogP contribution >= 0.6 is 11.8 Å². The van der Waals surface area contributed by atoms with E-state index in [4.69, 9.17) is 0 Å². The minimum absolute atomic E-state index is 0.0743. The Morgan fingerprint density at radius 2 is 1.85 bits per heavy atom. The van der Waals surface area contributed by atoms with Crippen molar-refractivity contribution in [1.29, 1.82) is 0 Å². The van der Waals surface area contributed by atoms with Gasteiger partial charge in [0.1, 0.15) is 0 Å². The lowest BCUT2D eigenvalue weighted by Gasteiger charge is -2.32. The van der Waals surface area contributed by atoms with Crippen LogP contribution in [0.2, 0.25) is 0 Å². The number of aromatic amines is 1. The maximum Gasteiger partial charge on any atom is 0.326 e. The first kappa shape index (κ1) is 21.6. The molecular formula is C25H27N5O2S. The fourth-order valence-corrected chi connectivity index (χ4v) is 5.59. The molecule has 4 aromatic rings. The molecule has 0 unspecified atom stereocenters. The predicted molar refractivity (Wildman–Crippen MR) is 131 cm³/mol. The normalized spacial score (nSPS) is 14.8. The number of hydrogen-bond donors (Lipinski definition) is 1. The smallest absolute Gasteiger partial charge is 0.326 e. The molecule has 8 heteroatoms. The average molecular weight is 462 g/mol. The number of likely N-dealkylation sites (tertiary alicyclic amines) is 1. The van der Waals surface area contributed by atoms with Gasteiger partial charge in [0.15, 0.2) is 5.16 Å². The number of hydrogen-bond acceptors (Lipinski definition) is 4. The number of carbonyl (C=O) groups is 1. The highest BCUT2D eigenvalue weighted by Crippen LogP contribution is 2.27. The summed E-state index contributed by atoms with van der Waals surface area (Å²) in [5.41, 5.74) is 5.17. The highest BCUT2D eigenvalue weighted by molar-refractivity contribution is 7.99. The molecule has 1 fully saturated rings. The van der Waals surface area contributed by atoms with Gasteiger partial charge >= 0.3 is 5.69 Å². The molecule has 2 aromatic heterocycles. The summed E-state index contributed by atoms with van der Waals surface area (Å²) in [6.07, 6.45) is 5.26. The van der Waals surface area contributed by atoms with Crippen molar-refractivity contribution in [2.75, 3.05) is 18.8 Å². The highest BCUT2D eigenvalue weighted by atomic mass is 32.2. The van der Waals surface area contributed by atoms with Crippen molar-refractivity contribution in [3.63, 3.8) is 0 Å². The Morgan fingerprint density at radius 1 is 1.12 bits per heavy atom. The van der Waals surface area contributed by atoms with Crippen LogP contribution in [-0.2, 0) is 4.79 Å². The van der Waals surface area contributed by atoms with Gasteiger partial charge in [-0.05, 0) is 62.1 Å². The number of imidazole rings is 2. The fraction of sp³-hybridized carbons (Fsp3) is 0.320. The van der Waals surface area contributed by atoms with Crippen molar-refractivity contribution in [2.45, 2.75) is 37.9 Å². The Balaban J connectivity index is 1.22. The monoisotopic (exact) mass is 461 g/mol. The lowest BCUT2D eigenvalue weighted by Crippen LogP contribution is -2.41. The summed E-state index contributed by atoms with van der Waals surface area (Å²) in [6.45, 7) is 5.47. The zero-order valence-electron chi connectivity index (χ0n) is 18.8. The molecule has 0 atom stereocenters. The molecule has 33 heavy (non-hydrogen) atoms. The van der Waals surface area contributed by atoms with Crippen LogP contribution in [0.15, 0.2) is 64.8 Å². The van der Waals surface area contributed by atoms with Gasteiger partial charge in [0, 0.05) is 37.2 Å². The number of piperidine rings is 1. The summed E-state index contributed by atoms with van der Waals surface area (Å²) in [7, 11) is 0. The van der Waals surface area contributed by atoms with Crippen LogP contribution in [0.4, 0.5) is 0 Å². The van der Waals surface area contributed by atoms with Crippen molar-refractivity contribution in [3.8, 4) is 5.69 Å². The number of benzene rings is 2. The summed E-state index contributed by atoms with van der Waals surface area (Å²) in [4.78, 5) is 34.7. The van der Waals surface area contributed by atoms with E-state index in [2.05, 4.69) is 42.0 Å². The third-order valence-corrected chi connectivity index (χ3v) is 7.17. The fourth-order valence-electron chi connectivity index (χ4n) is 4.71. The molecule has 3 heterocycles. The van der Waals surface area contributed by atoms with Crippen molar-refractivity contribution >= 4 is 28.7 Å². The number of aromatic nitrogens is 4. The van der Waals surface area contributed by atoms with Gasteiger partial charge in [-0.25, -0.2) is 9.78 Å². The van der Waals surface area contributed by atoms with E-state index in [0.717, 1.165) is 34.7 Å². The third-order valence-electron chi connectivity index (χ3n) is 6.22. The maximum atomic E-state index is 12.9. The quantitative estimate of drug-likeness (QED) is 0.454. The number of nitrogens with one attached hydrogen (secondary N) is 1. The van der Waals surface area contributed by atoms with Crippen molar-refractivity contribution < 1.29 is 4.79 Å². The molecule has 0 spiro atoms. The molecule has 2 aromatic carbocycles. The number of fused-ring (bicyclic) bond motifs is 1. The van der Waals surface area contributed by atoms with E-state index < -0.39 is 0 Å². The van der Waals surface area contributed by atoms with Crippen LogP contribution in [0.25, 0.3) is 16.7 Å². The zero-order valence-corrected chi connectivity index (χ0v) is 19.6. The van der Waals surface area contributed by atoms with Crippen LogP contribution in [0.3, 0.4) is 0 Å². The summed E-state index contributed by atoms with van der Waals surface area (Å²) in [6, 6.07) is 14.3. The van der Waals surface area contributed by atoms with Gasteiger partial charge in [0.25, 0.3) is 0 Å². The number of amides is 1. The van der Waals surface area contributed by atoms with E-state index in [-0.39, 0.29) is 17.6 Å². The van der Waals surface area contributed by atoms with Crippen molar-refractivity contribution in [2.24, 2.45) is 0 Å². The van der Waals surface area contributed by atoms with Crippen LogP contribution in [0.5, 0.6) is 0 Å². The second kappa shape index (κ2) is 8.94. The predicted octanol–water partition coefficient (Wildman–Crippen LogP) is 4.09. The number of carbonyl (C=O) groups excluding carboxylic acids is 1. The topological polar surface area (TPSA) is 75.9 Å². The number of thioether (sulfide) groups is 1. The number of H-pyrrole nitrogens is 1. The molecule has 0 aliphatic carbocycles. The van der Waals surface area contributed by atoms with Crippen LogP contribution in [0, 0.1) is 13.8 Å². The third kappa shape index (κ3) is 4.35. The number of para-hydroxylation sites is 2. The lowest BCUT2D eigenvalue weighted by molar-refractivity contribution is -0.129. The Hall–Kier alpha value is -3.26.